The molecular weight excluding hydrogens is 298 g/mol. The second kappa shape index (κ2) is 7.38. The minimum atomic E-state index is 0.116. The molecule has 120 valence electrons. The van der Waals surface area contributed by atoms with Crippen LogP contribution in [-0.2, 0) is 4.74 Å². The van der Waals surface area contributed by atoms with Gasteiger partial charge in [-0.15, -0.1) is 0 Å². The van der Waals surface area contributed by atoms with Crippen molar-refractivity contribution >= 4 is 17.7 Å². The fourth-order valence-corrected chi connectivity index (χ4v) is 4.30. The molecule has 2 aliphatic rings. The summed E-state index contributed by atoms with van der Waals surface area (Å²) in [6.07, 6.45) is 3.45. The number of thioether (sulfide) groups is 1. The molecule has 2 atom stereocenters. The molecule has 0 bridgehead atoms. The molecule has 2 aliphatic heterocycles. The molecule has 0 saturated carbocycles. The van der Waals surface area contributed by atoms with Gasteiger partial charge in [-0.05, 0) is 49.3 Å². The van der Waals surface area contributed by atoms with E-state index >= 15 is 0 Å². The first-order valence-corrected chi connectivity index (χ1v) is 9.08. The lowest BCUT2D eigenvalue weighted by atomic mass is 10.1. The lowest BCUT2D eigenvalue weighted by molar-refractivity contribution is 0.0442. The van der Waals surface area contributed by atoms with Crippen LogP contribution in [-0.4, -0.2) is 54.7 Å². The van der Waals surface area contributed by atoms with Gasteiger partial charge >= 0.3 is 0 Å². The Morgan fingerprint density at radius 1 is 1.36 bits per heavy atom. The van der Waals surface area contributed by atoms with Crippen LogP contribution >= 0.6 is 11.8 Å². The summed E-state index contributed by atoms with van der Waals surface area (Å²) in [5, 5.41) is 0. The molecule has 1 aromatic rings. The van der Waals surface area contributed by atoms with Crippen LogP contribution in [0.1, 0.15) is 29.6 Å². The first-order valence-electron chi connectivity index (χ1n) is 7.92. The standard InChI is InChI=1S/C17H23NO3S/c1-20-15-6-4-13(5-7-15)17(19)18(14-8-10-22-12-14)11-16-3-2-9-21-16/h4-7,14,16H,2-3,8-12H2,1H3/t14-,16-/m0/s1. The third-order valence-corrected chi connectivity index (χ3v) is 5.51. The second-order valence-electron chi connectivity index (χ2n) is 5.84. The number of benzene rings is 1. The van der Waals surface area contributed by atoms with Gasteiger partial charge in [0.25, 0.3) is 5.91 Å². The van der Waals surface area contributed by atoms with Gasteiger partial charge in [0.05, 0.1) is 13.2 Å². The number of carbonyl (C=O) groups is 1. The average molecular weight is 321 g/mol. The smallest absolute Gasteiger partial charge is 0.254 e. The van der Waals surface area contributed by atoms with Gasteiger partial charge in [0.2, 0.25) is 0 Å². The van der Waals surface area contributed by atoms with Crippen LogP contribution in [0.3, 0.4) is 0 Å². The highest BCUT2D eigenvalue weighted by Gasteiger charge is 2.31. The van der Waals surface area contributed by atoms with Crippen molar-refractivity contribution in [1.82, 2.24) is 4.90 Å². The largest absolute Gasteiger partial charge is 0.497 e. The van der Waals surface area contributed by atoms with Crippen LogP contribution < -0.4 is 4.74 Å². The zero-order chi connectivity index (χ0) is 15.4. The topological polar surface area (TPSA) is 38.8 Å². The Morgan fingerprint density at radius 2 is 2.18 bits per heavy atom. The van der Waals surface area contributed by atoms with E-state index in [-0.39, 0.29) is 12.0 Å². The van der Waals surface area contributed by atoms with Crippen molar-refractivity contribution in [2.24, 2.45) is 0 Å². The minimum Gasteiger partial charge on any atom is -0.497 e. The molecule has 2 heterocycles. The molecule has 22 heavy (non-hydrogen) atoms. The van der Waals surface area contributed by atoms with Gasteiger partial charge in [0.1, 0.15) is 5.75 Å². The van der Waals surface area contributed by atoms with E-state index < -0.39 is 0 Å². The molecule has 2 fully saturated rings. The normalized spacial score (nSPS) is 24.4. The summed E-state index contributed by atoms with van der Waals surface area (Å²) < 4.78 is 10.9. The molecule has 3 rings (SSSR count). The number of ether oxygens (including phenoxy) is 2. The van der Waals surface area contributed by atoms with Crippen LogP contribution in [0, 0.1) is 0 Å². The predicted octanol–water partition coefficient (Wildman–Crippen LogP) is 2.82. The highest BCUT2D eigenvalue weighted by Crippen LogP contribution is 2.26. The van der Waals surface area contributed by atoms with Crippen LogP contribution in [0.5, 0.6) is 5.75 Å². The predicted molar refractivity (Wildman–Crippen MR) is 88.7 cm³/mol. The number of amides is 1. The van der Waals surface area contributed by atoms with Gasteiger partial charge in [0.15, 0.2) is 0 Å². The molecule has 5 heteroatoms. The van der Waals surface area contributed by atoms with Crippen LogP contribution in [0.4, 0.5) is 0 Å². The number of hydrogen-bond donors (Lipinski definition) is 0. The van der Waals surface area contributed by atoms with Crippen molar-refractivity contribution in [1.29, 1.82) is 0 Å². The van der Waals surface area contributed by atoms with E-state index in [9.17, 15) is 4.79 Å². The molecule has 2 saturated heterocycles. The highest BCUT2D eigenvalue weighted by atomic mass is 32.2. The third kappa shape index (κ3) is 3.58. The monoisotopic (exact) mass is 321 g/mol. The van der Waals surface area contributed by atoms with Crippen molar-refractivity contribution in [2.45, 2.75) is 31.4 Å². The lowest BCUT2D eigenvalue weighted by Crippen LogP contribution is -2.44. The molecule has 0 radical (unpaired) electrons. The SMILES string of the molecule is COc1ccc(C(=O)N(C[C@@H]2CCCO2)[C@H]2CCSC2)cc1. The van der Waals surface area contributed by atoms with E-state index in [1.807, 2.05) is 40.9 Å². The summed E-state index contributed by atoms with van der Waals surface area (Å²) in [4.78, 5) is 15.0. The van der Waals surface area contributed by atoms with Gasteiger partial charge in [0, 0.05) is 30.5 Å². The van der Waals surface area contributed by atoms with E-state index in [0.29, 0.717) is 6.04 Å². The summed E-state index contributed by atoms with van der Waals surface area (Å²) in [5.41, 5.74) is 0.732. The molecule has 0 unspecified atom stereocenters. The molecule has 0 spiro atoms. The van der Waals surface area contributed by atoms with E-state index in [2.05, 4.69) is 0 Å². The second-order valence-corrected chi connectivity index (χ2v) is 6.99. The Morgan fingerprint density at radius 3 is 2.77 bits per heavy atom. The van der Waals surface area contributed by atoms with Crippen LogP contribution in [0.15, 0.2) is 24.3 Å². The zero-order valence-electron chi connectivity index (χ0n) is 13.0. The van der Waals surface area contributed by atoms with Gasteiger partial charge < -0.3 is 14.4 Å². The number of carbonyl (C=O) groups excluding carboxylic acids is 1. The van der Waals surface area contributed by atoms with Gasteiger partial charge in [-0.1, -0.05) is 0 Å². The Bertz CT molecular complexity index is 493. The Labute approximate surface area is 136 Å². The van der Waals surface area contributed by atoms with E-state index in [1.165, 1.54) is 0 Å². The van der Waals surface area contributed by atoms with Crippen molar-refractivity contribution in [3.05, 3.63) is 29.8 Å². The summed E-state index contributed by atoms with van der Waals surface area (Å²) >= 11 is 1.93. The molecule has 0 aliphatic carbocycles. The molecule has 0 aromatic heterocycles. The quantitative estimate of drug-likeness (QED) is 0.836. The van der Waals surface area contributed by atoms with E-state index in [1.54, 1.807) is 7.11 Å². The Balaban J connectivity index is 1.74. The van der Waals surface area contributed by atoms with E-state index in [0.717, 1.165) is 55.2 Å². The average Bonchev–Trinajstić information content (AvgIpc) is 3.25. The summed E-state index contributed by atoms with van der Waals surface area (Å²) in [6, 6.07) is 7.74. The number of hydrogen-bond acceptors (Lipinski definition) is 4. The number of nitrogens with zero attached hydrogens (tertiary/aromatic N) is 1. The minimum absolute atomic E-state index is 0.116. The Kier molecular flexibility index (Phi) is 5.26. The Hall–Kier alpha value is -1.20. The van der Waals surface area contributed by atoms with Crippen molar-refractivity contribution in [3.63, 3.8) is 0 Å². The van der Waals surface area contributed by atoms with Gasteiger partial charge in [-0.2, -0.15) is 11.8 Å². The van der Waals surface area contributed by atoms with Gasteiger partial charge in [-0.25, -0.2) is 0 Å². The summed E-state index contributed by atoms with van der Waals surface area (Å²) in [5.74, 6) is 3.07. The fourth-order valence-electron chi connectivity index (χ4n) is 3.07. The maximum atomic E-state index is 12.9. The first kappa shape index (κ1) is 15.7. The van der Waals surface area contributed by atoms with Crippen molar-refractivity contribution in [3.8, 4) is 5.75 Å². The zero-order valence-corrected chi connectivity index (χ0v) is 13.8. The van der Waals surface area contributed by atoms with Crippen molar-refractivity contribution < 1.29 is 14.3 Å². The highest BCUT2D eigenvalue weighted by molar-refractivity contribution is 7.99. The molecule has 1 amide bonds. The molecule has 1 aromatic carbocycles. The molecule has 4 nitrogen and oxygen atoms in total. The van der Waals surface area contributed by atoms with Crippen LogP contribution in [0.2, 0.25) is 0 Å². The van der Waals surface area contributed by atoms with Gasteiger partial charge in [-0.3, -0.25) is 4.79 Å². The number of rotatable bonds is 5. The maximum absolute atomic E-state index is 12.9. The summed E-state index contributed by atoms with van der Waals surface area (Å²) in [7, 11) is 1.64. The third-order valence-electron chi connectivity index (χ3n) is 4.37. The molecule has 0 N–H and O–H groups in total. The molecular formula is C17H23NO3S. The van der Waals surface area contributed by atoms with E-state index in [4.69, 9.17) is 9.47 Å². The first-order chi connectivity index (χ1) is 10.8. The van der Waals surface area contributed by atoms with Crippen LogP contribution in [0.25, 0.3) is 0 Å². The maximum Gasteiger partial charge on any atom is 0.254 e. The van der Waals surface area contributed by atoms with Crippen molar-refractivity contribution in [2.75, 3.05) is 31.8 Å². The summed E-state index contributed by atoms with van der Waals surface area (Å²) in [6.45, 7) is 1.55. The lowest BCUT2D eigenvalue weighted by Gasteiger charge is -2.31. The fraction of sp³-hybridized carbons (Fsp3) is 0.588. The number of methoxy groups -OCH3 is 1.